The monoisotopic (exact) mass is 386 g/mol. The van der Waals surface area contributed by atoms with Crippen LogP contribution in [0.3, 0.4) is 0 Å². The molecule has 1 heterocycles. The van der Waals surface area contributed by atoms with Gasteiger partial charge in [-0.2, -0.15) is 5.01 Å². The first-order valence-corrected chi connectivity index (χ1v) is 10.1. The number of hydrogen-bond donors (Lipinski definition) is 1. The van der Waals surface area contributed by atoms with Crippen molar-refractivity contribution in [3.05, 3.63) is 83.9 Å². The Hall–Kier alpha value is -3.21. The molecule has 5 rings (SSSR count). The van der Waals surface area contributed by atoms with E-state index in [9.17, 15) is 14.4 Å². The Kier molecular flexibility index (Phi) is 4.31. The number of benzene rings is 2. The van der Waals surface area contributed by atoms with Crippen molar-refractivity contribution in [2.24, 2.45) is 17.8 Å². The minimum Gasteiger partial charge on any atom is -0.273 e. The van der Waals surface area contributed by atoms with E-state index in [1.165, 1.54) is 0 Å². The van der Waals surface area contributed by atoms with E-state index in [1.54, 1.807) is 0 Å². The number of hydrogen-bond acceptors (Lipinski definition) is 3. The van der Waals surface area contributed by atoms with Gasteiger partial charge in [0.1, 0.15) is 0 Å². The summed E-state index contributed by atoms with van der Waals surface area (Å²) in [7, 11) is 0. The Morgan fingerprint density at radius 1 is 0.759 bits per heavy atom. The standard InChI is InChI=1S/C24H22N2O3/c27-22(17-11-12-17)25-26-23(28)20-18(15-7-3-1-4-8-15)13-14-19(21(20)24(26)29)16-9-5-2-6-10-16/h1-10,13-14,17-21H,11-12H2,(H,25,27)/t18-,19-,20-,21+/m0/s1. The van der Waals surface area contributed by atoms with Crippen LogP contribution in [-0.4, -0.2) is 22.7 Å². The number of hydrazine groups is 1. The second-order valence-electron chi connectivity index (χ2n) is 8.07. The van der Waals surface area contributed by atoms with Crippen LogP contribution < -0.4 is 5.43 Å². The molecular formula is C24H22N2O3. The van der Waals surface area contributed by atoms with Crippen molar-refractivity contribution in [1.29, 1.82) is 0 Å². The summed E-state index contributed by atoms with van der Waals surface area (Å²) in [6, 6.07) is 19.6. The van der Waals surface area contributed by atoms with Crippen molar-refractivity contribution < 1.29 is 14.4 Å². The molecule has 2 aromatic rings. The predicted octanol–water partition coefficient (Wildman–Crippen LogP) is 3.17. The lowest BCUT2D eigenvalue weighted by Crippen LogP contribution is -2.47. The molecule has 3 amide bonds. The number of nitrogens with one attached hydrogen (secondary N) is 1. The summed E-state index contributed by atoms with van der Waals surface area (Å²) in [6.07, 6.45) is 5.72. The molecule has 5 nitrogen and oxygen atoms in total. The maximum atomic E-state index is 13.3. The maximum absolute atomic E-state index is 13.3. The zero-order valence-electron chi connectivity index (χ0n) is 15.9. The Balaban J connectivity index is 1.55. The van der Waals surface area contributed by atoms with Crippen molar-refractivity contribution in [2.75, 3.05) is 0 Å². The van der Waals surface area contributed by atoms with Crippen LogP contribution in [0.2, 0.25) is 0 Å². The summed E-state index contributed by atoms with van der Waals surface area (Å²) in [4.78, 5) is 39.0. The summed E-state index contributed by atoms with van der Waals surface area (Å²) >= 11 is 0. The van der Waals surface area contributed by atoms with Crippen LogP contribution in [0.4, 0.5) is 0 Å². The molecule has 1 saturated carbocycles. The second-order valence-corrected chi connectivity index (χ2v) is 8.07. The highest BCUT2D eigenvalue weighted by Crippen LogP contribution is 2.48. The zero-order valence-corrected chi connectivity index (χ0v) is 15.9. The number of carbonyl (C=O) groups excluding carboxylic acids is 3. The highest BCUT2D eigenvalue weighted by atomic mass is 16.2. The van der Waals surface area contributed by atoms with E-state index in [-0.39, 0.29) is 35.5 Å². The lowest BCUT2D eigenvalue weighted by molar-refractivity contribution is -0.149. The summed E-state index contributed by atoms with van der Waals surface area (Å²) in [5, 5.41) is 0.995. The van der Waals surface area contributed by atoms with Gasteiger partial charge in [0.25, 0.3) is 11.8 Å². The molecule has 0 aromatic heterocycles. The first-order chi connectivity index (χ1) is 14.1. The van der Waals surface area contributed by atoms with Crippen LogP contribution in [0.15, 0.2) is 72.8 Å². The van der Waals surface area contributed by atoms with Crippen LogP contribution in [0.5, 0.6) is 0 Å². The number of carbonyl (C=O) groups is 3. The van der Waals surface area contributed by atoms with E-state index < -0.39 is 11.8 Å². The Labute approximate surface area is 169 Å². The molecule has 3 aliphatic rings. The molecule has 5 heteroatoms. The normalized spacial score (nSPS) is 28.3. The SMILES string of the molecule is O=C(NN1C(=O)[C@@H]2[C@H](C1=O)[C@H](c1ccccc1)C=C[C@H]2c1ccccc1)C1CC1. The van der Waals surface area contributed by atoms with Crippen LogP contribution >= 0.6 is 0 Å². The van der Waals surface area contributed by atoms with Crippen LogP contribution in [0, 0.1) is 17.8 Å². The molecule has 146 valence electrons. The summed E-state index contributed by atoms with van der Waals surface area (Å²) in [5.74, 6) is -2.38. The molecule has 0 radical (unpaired) electrons. The average molecular weight is 386 g/mol. The lowest BCUT2D eigenvalue weighted by Gasteiger charge is -2.32. The van der Waals surface area contributed by atoms with E-state index in [0.29, 0.717) is 0 Å². The molecule has 29 heavy (non-hydrogen) atoms. The van der Waals surface area contributed by atoms with Gasteiger partial charge in [-0.3, -0.25) is 19.8 Å². The summed E-state index contributed by atoms with van der Waals surface area (Å²) in [6.45, 7) is 0. The van der Waals surface area contributed by atoms with E-state index in [2.05, 4.69) is 5.43 Å². The smallest absolute Gasteiger partial charge is 0.253 e. The molecule has 0 bridgehead atoms. The fraction of sp³-hybridized carbons (Fsp3) is 0.292. The van der Waals surface area contributed by atoms with Crippen LogP contribution in [-0.2, 0) is 14.4 Å². The minimum atomic E-state index is -0.528. The van der Waals surface area contributed by atoms with E-state index >= 15 is 0 Å². The lowest BCUT2D eigenvalue weighted by atomic mass is 9.68. The molecule has 1 saturated heterocycles. The van der Waals surface area contributed by atoms with E-state index in [4.69, 9.17) is 0 Å². The first kappa shape index (κ1) is 17.9. The van der Waals surface area contributed by atoms with Crippen molar-refractivity contribution in [3.63, 3.8) is 0 Å². The van der Waals surface area contributed by atoms with Crippen molar-refractivity contribution >= 4 is 17.7 Å². The molecule has 0 spiro atoms. The maximum Gasteiger partial charge on any atom is 0.253 e. The summed E-state index contributed by atoms with van der Waals surface area (Å²) < 4.78 is 0. The Morgan fingerprint density at radius 3 is 1.62 bits per heavy atom. The van der Waals surface area contributed by atoms with Crippen molar-refractivity contribution in [1.82, 2.24) is 10.4 Å². The largest absolute Gasteiger partial charge is 0.273 e. The number of allylic oxidation sites excluding steroid dienone is 2. The molecule has 1 aliphatic heterocycles. The fourth-order valence-electron chi connectivity index (χ4n) is 4.59. The van der Waals surface area contributed by atoms with Gasteiger partial charge in [0.2, 0.25) is 5.91 Å². The van der Waals surface area contributed by atoms with Crippen molar-refractivity contribution in [3.8, 4) is 0 Å². The van der Waals surface area contributed by atoms with Gasteiger partial charge in [-0.15, -0.1) is 0 Å². The number of amides is 3. The van der Waals surface area contributed by atoms with E-state index in [0.717, 1.165) is 29.0 Å². The van der Waals surface area contributed by atoms with Gasteiger partial charge in [0.05, 0.1) is 11.8 Å². The minimum absolute atomic E-state index is 0.0776. The number of rotatable bonds is 4. The van der Waals surface area contributed by atoms with Gasteiger partial charge in [-0.25, -0.2) is 0 Å². The average Bonchev–Trinajstić information content (AvgIpc) is 3.59. The van der Waals surface area contributed by atoms with Crippen LogP contribution in [0.25, 0.3) is 0 Å². The number of nitrogens with zero attached hydrogens (tertiary/aromatic N) is 1. The molecule has 0 unspecified atom stereocenters. The summed E-state index contributed by atoms with van der Waals surface area (Å²) in [5.41, 5.74) is 4.61. The molecule has 2 aromatic carbocycles. The molecule has 1 N–H and O–H groups in total. The molecule has 2 fully saturated rings. The molecular weight excluding hydrogens is 364 g/mol. The van der Waals surface area contributed by atoms with E-state index in [1.807, 2.05) is 72.8 Å². The number of imide groups is 1. The van der Waals surface area contributed by atoms with Gasteiger partial charge >= 0.3 is 0 Å². The van der Waals surface area contributed by atoms with Gasteiger partial charge in [0.15, 0.2) is 0 Å². The van der Waals surface area contributed by atoms with Crippen molar-refractivity contribution in [2.45, 2.75) is 24.7 Å². The highest BCUT2D eigenvalue weighted by molar-refractivity contribution is 6.07. The Morgan fingerprint density at radius 2 is 1.21 bits per heavy atom. The van der Waals surface area contributed by atoms with Gasteiger partial charge in [-0.05, 0) is 24.0 Å². The number of fused-ring (bicyclic) bond motifs is 1. The van der Waals surface area contributed by atoms with Gasteiger partial charge < -0.3 is 0 Å². The third kappa shape index (κ3) is 3.07. The quantitative estimate of drug-likeness (QED) is 0.648. The Bertz CT molecular complexity index is 914. The zero-order chi connectivity index (χ0) is 20.0. The highest BCUT2D eigenvalue weighted by Gasteiger charge is 2.56. The third-order valence-electron chi connectivity index (χ3n) is 6.24. The first-order valence-electron chi connectivity index (χ1n) is 10.1. The molecule has 2 aliphatic carbocycles. The molecule has 4 atom stereocenters. The fourth-order valence-corrected chi connectivity index (χ4v) is 4.59. The predicted molar refractivity (Wildman–Crippen MR) is 107 cm³/mol. The topological polar surface area (TPSA) is 66.5 Å². The van der Waals surface area contributed by atoms with Gasteiger partial charge in [0, 0.05) is 17.8 Å². The third-order valence-corrected chi connectivity index (χ3v) is 6.24. The van der Waals surface area contributed by atoms with Gasteiger partial charge in [-0.1, -0.05) is 72.8 Å². The van der Waals surface area contributed by atoms with Crippen LogP contribution in [0.1, 0.15) is 35.8 Å². The second kappa shape index (κ2) is 6.99.